The zero-order valence-corrected chi connectivity index (χ0v) is 10.7. The van der Waals surface area contributed by atoms with Crippen LogP contribution in [0.2, 0.25) is 0 Å². The van der Waals surface area contributed by atoms with Crippen LogP contribution in [0.15, 0.2) is 24.3 Å². The van der Waals surface area contributed by atoms with E-state index in [1.54, 1.807) is 0 Å². The predicted molar refractivity (Wildman–Crippen MR) is 59.8 cm³/mol. The molecule has 0 spiro atoms. The quantitative estimate of drug-likeness (QED) is 0.847. The minimum Gasteiger partial charge on any atom is -0.497 e. The van der Waals surface area contributed by atoms with Crippen molar-refractivity contribution in [1.29, 1.82) is 0 Å². The predicted octanol–water partition coefficient (Wildman–Crippen LogP) is 3.24. The van der Waals surface area contributed by atoms with E-state index in [0.29, 0.717) is 5.75 Å². The summed E-state index contributed by atoms with van der Waals surface area (Å²) >= 11 is 0. The van der Waals surface area contributed by atoms with Gasteiger partial charge in [0.2, 0.25) is 6.10 Å². The molecule has 0 saturated carbocycles. The molecule has 0 aliphatic carbocycles. The fraction of sp³-hybridized carbons (Fsp3) is 0.500. The molecule has 0 fully saturated rings. The molecule has 0 aliphatic heterocycles. The number of rotatable bonds is 5. The molecule has 21 heavy (non-hydrogen) atoms. The lowest BCUT2D eigenvalue weighted by Crippen LogP contribution is -2.45. The number of aliphatic hydroxyl groups excluding tert-OH is 1. The van der Waals surface area contributed by atoms with Crippen LogP contribution in [0.5, 0.6) is 5.75 Å². The first kappa shape index (κ1) is 17.6. The van der Waals surface area contributed by atoms with Gasteiger partial charge in [0.1, 0.15) is 11.9 Å². The number of halogens is 6. The van der Waals surface area contributed by atoms with E-state index in [-0.39, 0.29) is 5.56 Å². The second-order valence-electron chi connectivity index (χ2n) is 4.09. The Morgan fingerprint density at radius 3 is 2.14 bits per heavy atom. The van der Waals surface area contributed by atoms with Crippen LogP contribution in [0.3, 0.4) is 0 Å². The van der Waals surface area contributed by atoms with E-state index in [2.05, 4.69) is 4.74 Å². The van der Waals surface area contributed by atoms with Crippen molar-refractivity contribution in [2.75, 3.05) is 13.7 Å². The summed E-state index contributed by atoms with van der Waals surface area (Å²) < 4.78 is 82.1. The van der Waals surface area contributed by atoms with Gasteiger partial charge >= 0.3 is 12.4 Å². The van der Waals surface area contributed by atoms with Crippen LogP contribution in [-0.2, 0) is 4.74 Å². The van der Waals surface area contributed by atoms with Gasteiger partial charge in [0.25, 0.3) is 0 Å². The topological polar surface area (TPSA) is 38.7 Å². The van der Waals surface area contributed by atoms with E-state index >= 15 is 0 Å². The maximum absolute atomic E-state index is 12.2. The highest BCUT2D eigenvalue weighted by Crippen LogP contribution is 2.36. The first-order valence-electron chi connectivity index (χ1n) is 5.62. The summed E-state index contributed by atoms with van der Waals surface area (Å²) in [5.74, 6) is 0.301. The highest BCUT2D eigenvalue weighted by atomic mass is 19.4. The number of aliphatic hydroxyl groups is 1. The fourth-order valence-corrected chi connectivity index (χ4v) is 1.51. The normalized spacial score (nSPS) is 14.3. The van der Waals surface area contributed by atoms with Crippen molar-refractivity contribution in [3.8, 4) is 5.75 Å². The number of alkyl halides is 6. The maximum atomic E-state index is 12.2. The van der Waals surface area contributed by atoms with Gasteiger partial charge in [0.15, 0.2) is 0 Å². The lowest BCUT2D eigenvalue weighted by Gasteiger charge is -2.24. The van der Waals surface area contributed by atoms with Gasteiger partial charge < -0.3 is 14.6 Å². The zero-order chi connectivity index (χ0) is 16.3. The fourth-order valence-electron chi connectivity index (χ4n) is 1.51. The number of hydrogen-bond donors (Lipinski definition) is 1. The Morgan fingerprint density at radius 2 is 1.67 bits per heavy atom. The molecule has 3 nitrogen and oxygen atoms in total. The highest BCUT2D eigenvalue weighted by Gasteiger charge is 2.58. The smallest absolute Gasteiger partial charge is 0.423 e. The second kappa shape index (κ2) is 6.52. The third kappa shape index (κ3) is 5.09. The van der Waals surface area contributed by atoms with Gasteiger partial charge in [-0.2, -0.15) is 26.3 Å². The Labute approximate surface area is 116 Å². The molecule has 1 atom stereocenters. The summed E-state index contributed by atoms with van der Waals surface area (Å²) in [6.07, 6.45) is -16.8. The molecule has 1 aromatic carbocycles. The Bertz CT molecular complexity index is 443. The number of hydrogen-bond acceptors (Lipinski definition) is 3. The SMILES string of the molecule is COc1cccc(C(O)COC(C(F)(F)F)C(F)(F)F)c1. The second-order valence-corrected chi connectivity index (χ2v) is 4.09. The summed E-state index contributed by atoms with van der Waals surface area (Å²) in [6, 6.07) is 5.55. The summed E-state index contributed by atoms with van der Waals surface area (Å²) in [4.78, 5) is 0. The van der Waals surface area contributed by atoms with E-state index in [4.69, 9.17) is 4.74 Å². The van der Waals surface area contributed by atoms with Gasteiger partial charge in [-0.15, -0.1) is 0 Å². The first-order valence-corrected chi connectivity index (χ1v) is 5.62. The Balaban J connectivity index is 2.76. The van der Waals surface area contributed by atoms with Gasteiger partial charge in [-0.05, 0) is 17.7 Å². The Hall–Kier alpha value is -1.48. The third-order valence-electron chi connectivity index (χ3n) is 2.49. The van der Waals surface area contributed by atoms with Crippen molar-refractivity contribution in [2.24, 2.45) is 0 Å². The first-order chi connectivity index (χ1) is 9.55. The molecule has 0 amide bonds. The molecule has 1 aromatic rings. The van der Waals surface area contributed by atoms with Gasteiger partial charge in [-0.1, -0.05) is 12.1 Å². The van der Waals surface area contributed by atoms with E-state index < -0.39 is 31.2 Å². The van der Waals surface area contributed by atoms with Crippen molar-refractivity contribution in [1.82, 2.24) is 0 Å². The molecule has 0 bridgehead atoms. The van der Waals surface area contributed by atoms with Gasteiger partial charge in [0, 0.05) is 0 Å². The van der Waals surface area contributed by atoms with Crippen LogP contribution < -0.4 is 4.74 Å². The zero-order valence-electron chi connectivity index (χ0n) is 10.7. The van der Waals surface area contributed by atoms with Crippen LogP contribution in [0.4, 0.5) is 26.3 Å². The summed E-state index contributed by atoms with van der Waals surface area (Å²) in [5, 5.41) is 9.61. The van der Waals surface area contributed by atoms with Gasteiger partial charge in [0.05, 0.1) is 13.7 Å². The molecular weight excluding hydrogens is 306 g/mol. The summed E-state index contributed by atoms with van der Waals surface area (Å²) in [6.45, 7) is -1.16. The molecule has 0 saturated heterocycles. The largest absolute Gasteiger partial charge is 0.497 e. The standard InChI is InChI=1S/C12H12F6O3/c1-20-8-4-2-3-7(5-8)9(19)6-21-10(11(13,14)15)12(16,17)18/h2-5,9-10,19H,6H2,1H3. The summed E-state index contributed by atoms with van der Waals surface area (Å²) in [7, 11) is 1.32. The molecule has 9 heteroatoms. The van der Waals surface area contributed by atoms with Crippen molar-refractivity contribution in [2.45, 2.75) is 24.6 Å². The van der Waals surface area contributed by atoms with Crippen molar-refractivity contribution >= 4 is 0 Å². The molecular formula is C12H12F6O3. The Morgan fingerprint density at radius 1 is 1.10 bits per heavy atom. The molecule has 120 valence electrons. The van der Waals surface area contributed by atoms with Crippen LogP contribution >= 0.6 is 0 Å². The van der Waals surface area contributed by atoms with E-state index in [1.807, 2.05) is 0 Å². The summed E-state index contributed by atoms with van der Waals surface area (Å²) in [5.41, 5.74) is 0.0810. The lowest BCUT2D eigenvalue weighted by molar-refractivity contribution is -0.324. The molecule has 1 unspecified atom stereocenters. The molecule has 1 N–H and O–H groups in total. The molecule has 0 radical (unpaired) electrons. The highest BCUT2D eigenvalue weighted by molar-refractivity contribution is 5.29. The minimum absolute atomic E-state index is 0.0810. The molecule has 0 aromatic heterocycles. The van der Waals surface area contributed by atoms with Gasteiger partial charge in [-0.3, -0.25) is 0 Å². The molecule has 0 heterocycles. The lowest BCUT2D eigenvalue weighted by atomic mass is 10.1. The third-order valence-corrected chi connectivity index (χ3v) is 2.49. The minimum atomic E-state index is -5.60. The maximum Gasteiger partial charge on any atom is 0.423 e. The van der Waals surface area contributed by atoms with Gasteiger partial charge in [-0.25, -0.2) is 0 Å². The van der Waals surface area contributed by atoms with E-state index in [9.17, 15) is 31.4 Å². The van der Waals surface area contributed by atoms with Crippen LogP contribution in [0.1, 0.15) is 11.7 Å². The Kier molecular flexibility index (Phi) is 5.46. The van der Waals surface area contributed by atoms with E-state index in [0.717, 1.165) is 0 Å². The van der Waals surface area contributed by atoms with Crippen LogP contribution in [-0.4, -0.2) is 37.3 Å². The molecule has 0 aliphatic rings. The average Bonchev–Trinajstić information content (AvgIpc) is 2.35. The molecule has 1 rings (SSSR count). The van der Waals surface area contributed by atoms with Crippen molar-refractivity contribution in [3.63, 3.8) is 0 Å². The average molecular weight is 318 g/mol. The monoisotopic (exact) mass is 318 g/mol. The van der Waals surface area contributed by atoms with E-state index in [1.165, 1.54) is 31.4 Å². The van der Waals surface area contributed by atoms with Crippen LogP contribution in [0.25, 0.3) is 0 Å². The van der Waals surface area contributed by atoms with Crippen molar-refractivity contribution in [3.05, 3.63) is 29.8 Å². The van der Waals surface area contributed by atoms with Crippen molar-refractivity contribution < 1.29 is 40.9 Å². The number of methoxy groups -OCH3 is 1. The van der Waals surface area contributed by atoms with Crippen LogP contribution in [0, 0.1) is 0 Å². The number of benzene rings is 1. The number of ether oxygens (including phenoxy) is 2.